The smallest absolute Gasteiger partial charge is 0.203 e. The summed E-state index contributed by atoms with van der Waals surface area (Å²) in [5, 5.41) is 3.35. The average Bonchev–Trinajstić information content (AvgIpc) is 2.85. The van der Waals surface area contributed by atoms with Crippen LogP contribution in [0.4, 0.5) is 5.95 Å². The van der Waals surface area contributed by atoms with E-state index in [0.29, 0.717) is 12.6 Å². The number of methoxy groups -OCH3 is 1. The SMILES string of the molecule is CCN(CC)CCCC(C)n1cc(C)nc1NCCOC. The maximum absolute atomic E-state index is 5.08. The van der Waals surface area contributed by atoms with Crippen LogP contribution in [0.25, 0.3) is 0 Å². The Hall–Kier alpha value is -1.07. The highest BCUT2D eigenvalue weighted by Crippen LogP contribution is 2.20. The molecular formula is C16H32N4O. The van der Waals surface area contributed by atoms with Crippen molar-refractivity contribution in [2.45, 2.75) is 46.6 Å². The molecule has 1 rings (SSSR count). The van der Waals surface area contributed by atoms with Crippen LogP contribution in [0.3, 0.4) is 0 Å². The third-order valence-electron chi connectivity index (χ3n) is 3.91. The number of ether oxygens (including phenoxy) is 1. The van der Waals surface area contributed by atoms with Crippen LogP contribution in [-0.2, 0) is 4.74 Å². The Kier molecular flexibility index (Phi) is 8.38. The fourth-order valence-electron chi connectivity index (χ4n) is 2.54. The second kappa shape index (κ2) is 9.79. The third-order valence-corrected chi connectivity index (χ3v) is 3.91. The lowest BCUT2D eigenvalue weighted by Gasteiger charge is -2.21. The summed E-state index contributed by atoms with van der Waals surface area (Å²) in [6, 6.07) is 0.465. The topological polar surface area (TPSA) is 42.3 Å². The maximum Gasteiger partial charge on any atom is 0.203 e. The Morgan fingerprint density at radius 3 is 2.71 bits per heavy atom. The average molecular weight is 296 g/mol. The molecule has 0 saturated heterocycles. The molecule has 5 nitrogen and oxygen atoms in total. The minimum atomic E-state index is 0.465. The number of aryl methyl sites for hydroxylation is 1. The van der Waals surface area contributed by atoms with E-state index in [9.17, 15) is 0 Å². The van der Waals surface area contributed by atoms with Gasteiger partial charge in [-0.3, -0.25) is 0 Å². The Labute approximate surface area is 129 Å². The molecule has 0 aliphatic carbocycles. The second-order valence-electron chi connectivity index (χ2n) is 5.55. The van der Waals surface area contributed by atoms with Gasteiger partial charge in [0.25, 0.3) is 0 Å². The summed E-state index contributed by atoms with van der Waals surface area (Å²) in [6.07, 6.45) is 4.53. The van der Waals surface area contributed by atoms with E-state index in [1.165, 1.54) is 19.4 Å². The summed E-state index contributed by atoms with van der Waals surface area (Å²) in [5.41, 5.74) is 1.06. The highest BCUT2D eigenvalue weighted by molar-refractivity contribution is 5.29. The molecule has 1 heterocycles. The number of anilines is 1. The predicted molar refractivity (Wildman–Crippen MR) is 89.1 cm³/mol. The van der Waals surface area contributed by atoms with Crippen molar-refractivity contribution < 1.29 is 4.74 Å². The first-order valence-electron chi connectivity index (χ1n) is 8.12. The van der Waals surface area contributed by atoms with Gasteiger partial charge in [-0.1, -0.05) is 13.8 Å². The Bertz CT molecular complexity index is 388. The summed E-state index contributed by atoms with van der Waals surface area (Å²) >= 11 is 0. The van der Waals surface area contributed by atoms with Crippen LogP contribution in [0.15, 0.2) is 6.20 Å². The van der Waals surface area contributed by atoms with Gasteiger partial charge in [0.15, 0.2) is 0 Å². The monoisotopic (exact) mass is 296 g/mol. The van der Waals surface area contributed by atoms with Gasteiger partial charge in [-0.2, -0.15) is 0 Å². The second-order valence-corrected chi connectivity index (χ2v) is 5.55. The van der Waals surface area contributed by atoms with Gasteiger partial charge < -0.3 is 19.5 Å². The molecule has 0 radical (unpaired) electrons. The zero-order valence-corrected chi connectivity index (χ0v) is 14.4. The molecule has 122 valence electrons. The van der Waals surface area contributed by atoms with Gasteiger partial charge >= 0.3 is 0 Å². The van der Waals surface area contributed by atoms with Crippen LogP contribution < -0.4 is 5.32 Å². The first kappa shape index (κ1) is 18.0. The van der Waals surface area contributed by atoms with Gasteiger partial charge in [0.05, 0.1) is 12.3 Å². The number of rotatable bonds is 11. The van der Waals surface area contributed by atoms with Gasteiger partial charge in [0, 0.05) is 25.9 Å². The van der Waals surface area contributed by atoms with Crippen LogP contribution >= 0.6 is 0 Å². The molecule has 1 unspecified atom stereocenters. The van der Waals surface area contributed by atoms with Crippen molar-refractivity contribution in [3.8, 4) is 0 Å². The van der Waals surface area contributed by atoms with E-state index in [4.69, 9.17) is 4.74 Å². The summed E-state index contributed by atoms with van der Waals surface area (Å²) in [7, 11) is 1.72. The van der Waals surface area contributed by atoms with Crippen LogP contribution in [0.2, 0.25) is 0 Å². The van der Waals surface area contributed by atoms with Crippen molar-refractivity contribution in [3.63, 3.8) is 0 Å². The van der Waals surface area contributed by atoms with Gasteiger partial charge in [-0.05, 0) is 46.3 Å². The van der Waals surface area contributed by atoms with E-state index in [1.807, 2.05) is 6.92 Å². The molecule has 0 aliphatic heterocycles. The molecule has 1 aromatic heterocycles. The number of nitrogens with zero attached hydrogens (tertiary/aromatic N) is 3. The molecule has 1 N–H and O–H groups in total. The standard InChI is InChI=1S/C16H32N4O/c1-6-19(7-2)11-8-9-15(4)20-13-14(3)18-16(20)17-10-12-21-5/h13,15H,6-12H2,1-5H3,(H,17,18). The van der Waals surface area contributed by atoms with Crippen molar-refractivity contribution in [3.05, 3.63) is 11.9 Å². The number of hydrogen-bond acceptors (Lipinski definition) is 4. The lowest BCUT2D eigenvalue weighted by Crippen LogP contribution is -2.24. The van der Waals surface area contributed by atoms with Crippen LogP contribution in [0.5, 0.6) is 0 Å². The zero-order valence-electron chi connectivity index (χ0n) is 14.4. The van der Waals surface area contributed by atoms with E-state index >= 15 is 0 Å². The number of imidazole rings is 1. The lowest BCUT2D eigenvalue weighted by molar-refractivity contribution is 0.210. The van der Waals surface area contributed by atoms with Crippen LogP contribution in [0.1, 0.15) is 45.3 Å². The summed E-state index contributed by atoms with van der Waals surface area (Å²) in [5.74, 6) is 0.958. The summed E-state index contributed by atoms with van der Waals surface area (Å²) < 4.78 is 7.34. The molecule has 1 atom stereocenters. The number of nitrogens with one attached hydrogen (secondary N) is 1. The van der Waals surface area contributed by atoms with Gasteiger partial charge in [-0.25, -0.2) is 4.98 Å². The quantitative estimate of drug-likeness (QED) is 0.638. The largest absolute Gasteiger partial charge is 0.383 e. The van der Waals surface area contributed by atoms with E-state index in [1.54, 1.807) is 7.11 Å². The molecule has 0 amide bonds. The van der Waals surface area contributed by atoms with E-state index in [0.717, 1.165) is 31.3 Å². The van der Waals surface area contributed by atoms with Crippen LogP contribution in [-0.4, -0.2) is 54.3 Å². The van der Waals surface area contributed by atoms with Crippen molar-refractivity contribution in [2.75, 3.05) is 45.2 Å². The molecule has 0 saturated carbocycles. The molecule has 5 heteroatoms. The highest BCUT2D eigenvalue weighted by atomic mass is 16.5. The molecule has 0 fully saturated rings. The third kappa shape index (κ3) is 6.06. The molecule has 0 aromatic carbocycles. The molecule has 21 heavy (non-hydrogen) atoms. The first-order valence-corrected chi connectivity index (χ1v) is 8.12. The predicted octanol–water partition coefficient (Wildman–Crippen LogP) is 2.93. The molecule has 0 spiro atoms. The first-order chi connectivity index (χ1) is 10.1. The molecule has 1 aromatic rings. The fraction of sp³-hybridized carbons (Fsp3) is 0.812. The van der Waals surface area contributed by atoms with Crippen molar-refractivity contribution in [2.24, 2.45) is 0 Å². The highest BCUT2D eigenvalue weighted by Gasteiger charge is 2.12. The van der Waals surface area contributed by atoms with Gasteiger partial charge in [0.1, 0.15) is 0 Å². The van der Waals surface area contributed by atoms with E-state index < -0.39 is 0 Å². The zero-order chi connectivity index (χ0) is 15.7. The van der Waals surface area contributed by atoms with Crippen molar-refractivity contribution in [1.82, 2.24) is 14.5 Å². The molecule has 0 aliphatic rings. The molecular weight excluding hydrogens is 264 g/mol. The number of hydrogen-bond donors (Lipinski definition) is 1. The summed E-state index contributed by atoms with van der Waals surface area (Å²) in [6.45, 7) is 13.7. The van der Waals surface area contributed by atoms with Crippen molar-refractivity contribution in [1.29, 1.82) is 0 Å². The Morgan fingerprint density at radius 2 is 2.10 bits per heavy atom. The summed E-state index contributed by atoms with van der Waals surface area (Å²) in [4.78, 5) is 7.04. The van der Waals surface area contributed by atoms with Gasteiger partial charge in [0.2, 0.25) is 5.95 Å². The van der Waals surface area contributed by atoms with E-state index in [2.05, 4.69) is 46.7 Å². The fourth-order valence-corrected chi connectivity index (χ4v) is 2.54. The Balaban J connectivity index is 2.50. The number of aromatic nitrogens is 2. The maximum atomic E-state index is 5.08. The lowest BCUT2D eigenvalue weighted by atomic mass is 10.1. The van der Waals surface area contributed by atoms with Gasteiger partial charge in [-0.15, -0.1) is 0 Å². The van der Waals surface area contributed by atoms with Crippen molar-refractivity contribution >= 4 is 5.95 Å². The molecule has 0 bridgehead atoms. The van der Waals surface area contributed by atoms with E-state index in [-0.39, 0.29) is 0 Å². The van der Waals surface area contributed by atoms with Crippen LogP contribution in [0, 0.1) is 6.92 Å². The normalized spacial score (nSPS) is 12.9. The Morgan fingerprint density at radius 1 is 1.38 bits per heavy atom. The minimum Gasteiger partial charge on any atom is -0.383 e. The minimum absolute atomic E-state index is 0.465.